The lowest BCUT2D eigenvalue weighted by Crippen LogP contribution is -2.53. The van der Waals surface area contributed by atoms with E-state index >= 15 is 0 Å². The second-order valence-corrected chi connectivity index (χ2v) is 5.70. The molecule has 0 radical (unpaired) electrons. The Kier molecular flexibility index (Phi) is 5.56. The van der Waals surface area contributed by atoms with E-state index in [1.165, 1.54) is 0 Å². The fraction of sp³-hybridized carbons (Fsp3) is 0.923. The van der Waals surface area contributed by atoms with E-state index in [9.17, 15) is 4.79 Å². The van der Waals surface area contributed by atoms with Gasteiger partial charge in [0.15, 0.2) is 0 Å². The molecule has 5 nitrogen and oxygen atoms in total. The topological polar surface area (TPSA) is 61.6 Å². The van der Waals surface area contributed by atoms with E-state index in [1.807, 2.05) is 6.92 Å². The van der Waals surface area contributed by atoms with Gasteiger partial charge in [-0.15, -0.1) is 0 Å². The Balaban J connectivity index is 2.35. The molecule has 1 amide bonds. The summed E-state index contributed by atoms with van der Waals surface area (Å²) in [5.74, 6) is -0.267. The van der Waals surface area contributed by atoms with Crippen LogP contribution in [0.15, 0.2) is 0 Å². The summed E-state index contributed by atoms with van der Waals surface area (Å²) in [6.07, 6.45) is 1.78. The number of likely N-dealkylation sites (N-methyl/N-ethyl adjacent to an activating group) is 2. The Hall–Kier alpha value is -0.650. The van der Waals surface area contributed by atoms with Gasteiger partial charge in [-0.1, -0.05) is 0 Å². The van der Waals surface area contributed by atoms with Gasteiger partial charge in [-0.05, 0) is 47.3 Å². The molecular weight excluding hydrogens is 228 g/mol. The Labute approximate surface area is 111 Å². The lowest BCUT2D eigenvalue weighted by molar-refractivity contribution is -0.123. The predicted octanol–water partition coefficient (Wildman–Crippen LogP) is -0.134. The number of nitrogens with two attached hydrogens (primary N) is 1. The zero-order valence-electron chi connectivity index (χ0n) is 12.2. The number of nitrogens with one attached hydrogen (secondary N) is 1. The average Bonchev–Trinajstić information content (AvgIpc) is 2.31. The number of primary amides is 1. The molecule has 1 heterocycles. The van der Waals surface area contributed by atoms with Crippen LogP contribution in [-0.2, 0) is 4.79 Å². The largest absolute Gasteiger partial charge is 0.368 e. The van der Waals surface area contributed by atoms with Crippen LogP contribution in [0.4, 0.5) is 0 Å². The normalized spacial score (nSPS) is 25.9. The van der Waals surface area contributed by atoms with Crippen LogP contribution >= 0.6 is 0 Å². The number of amides is 1. The smallest absolute Gasteiger partial charge is 0.237 e. The molecule has 2 unspecified atom stereocenters. The molecule has 0 bridgehead atoms. The molecule has 0 aromatic rings. The third kappa shape index (κ3) is 3.93. The van der Waals surface area contributed by atoms with E-state index < -0.39 is 5.54 Å². The highest BCUT2D eigenvalue weighted by atomic mass is 16.1. The zero-order chi connectivity index (χ0) is 13.8. The van der Waals surface area contributed by atoms with Gasteiger partial charge in [-0.3, -0.25) is 9.69 Å². The summed E-state index contributed by atoms with van der Waals surface area (Å²) in [7, 11) is 3.96. The van der Waals surface area contributed by atoms with Crippen molar-refractivity contribution in [1.82, 2.24) is 15.1 Å². The standard InChI is InChI=1S/C13H28N4O/c1-11-10-16(4)8-9-17(11)7-5-6-13(2,15-3)12(14)18/h11,15H,5-10H2,1-4H3,(H2,14,18). The first-order valence-corrected chi connectivity index (χ1v) is 6.80. The fourth-order valence-corrected chi connectivity index (χ4v) is 2.52. The third-order valence-corrected chi connectivity index (χ3v) is 4.19. The number of carbonyl (C=O) groups excluding carboxylic acids is 1. The van der Waals surface area contributed by atoms with Crippen molar-refractivity contribution < 1.29 is 4.79 Å². The van der Waals surface area contributed by atoms with Gasteiger partial charge in [0.05, 0.1) is 5.54 Å². The molecule has 1 aliphatic heterocycles. The zero-order valence-corrected chi connectivity index (χ0v) is 12.2. The van der Waals surface area contributed by atoms with Gasteiger partial charge in [-0.25, -0.2) is 0 Å². The van der Waals surface area contributed by atoms with Crippen molar-refractivity contribution >= 4 is 5.91 Å². The summed E-state index contributed by atoms with van der Waals surface area (Å²) in [5, 5.41) is 3.03. The van der Waals surface area contributed by atoms with Gasteiger partial charge in [0.1, 0.15) is 0 Å². The second kappa shape index (κ2) is 6.50. The molecular formula is C13H28N4O. The van der Waals surface area contributed by atoms with Crippen molar-refractivity contribution in [1.29, 1.82) is 0 Å². The van der Waals surface area contributed by atoms with Crippen molar-refractivity contribution in [2.24, 2.45) is 5.73 Å². The van der Waals surface area contributed by atoms with E-state index in [1.54, 1.807) is 7.05 Å². The minimum atomic E-state index is -0.574. The van der Waals surface area contributed by atoms with Gasteiger partial charge >= 0.3 is 0 Å². The summed E-state index contributed by atoms with van der Waals surface area (Å²) < 4.78 is 0. The number of nitrogens with zero attached hydrogens (tertiary/aromatic N) is 2. The average molecular weight is 256 g/mol. The van der Waals surface area contributed by atoms with Gasteiger partial charge in [0.25, 0.3) is 0 Å². The quantitative estimate of drug-likeness (QED) is 0.695. The van der Waals surface area contributed by atoms with Crippen molar-refractivity contribution in [3.8, 4) is 0 Å². The maximum atomic E-state index is 11.4. The molecule has 1 rings (SSSR count). The van der Waals surface area contributed by atoms with Crippen molar-refractivity contribution in [3.63, 3.8) is 0 Å². The van der Waals surface area contributed by atoms with Gasteiger partial charge < -0.3 is 16.0 Å². The molecule has 0 aromatic carbocycles. The molecule has 18 heavy (non-hydrogen) atoms. The van der Waals surface area contributed by atoms with Crippen LogP contribution in [0.1, 0.15) is 26.7 Å². The van der Waals surface area contributed by atoms with E-state index in [-0.39, 0.29) is 5.91 Å². The molecule has 0 aliphatic carbocycles. The Bertz CT molecular complexity index is 284. The second-order valence-electron chi connectivity index (χ2n) is 5.70. The molecule has 106 valence electrons. The summed E-state index contributed by atoms with van der Waals surface area (Å²) in [6, 6.07) is 0.596. The molecule has 1 saturated heterocycles. The minimum absolute atomic E-state index is 0.267. The highest BCUT2D eigenvalue weighted by molar-refractivity contribution is 5.84. The van der Waals surface area contributed by atoms with Gasteiger partial charge in [-0.2, -0.15) is 0 Å². The van der Waals surface area contributed by atoms with Crippen LogP contribution in [0.3, 0.4) is 0 Å². The molecule has 0 saturated carbocycles. The van der Waals surface area contributed by atoms with E-state index in [0.717, 1.165) is 39.0 Å². The van der Waals surface area contributed by atoms with Crippen molar-refractivity contribution in [2.75, 3.05) is 40.3 Å². The molecule has 0 aromatic heterocycles. The van der Waals surface area contributed by atoms with Crippen LogP contribution in [-0.4, -0.2) is 67.6 Å². The van der Waals surface area contributed by atoms with Crippen LogP contribution in [0.25, 0.3) is 0 Å². The maximum absolute atomic E-state index is 11.4. The van der Waals surface area contributed by atoms with Crippen LogP contribution in [0.5, 0.6) is 0 Å². The monoisotopic (exact) mass is 256 g/mol. The Morgan fingerprint density at radius 3 is 2.67 bits per heavy atom. The van der Waals surface area contributed by atoms with Crippen LogP contribution in [0.2, 0.25) is 0 Å². The predicted molar refractivity (Wildman–Crippen MR) is 74.4 cm³/mol. The first-order valence-electron chi connectivity index (χ1n) is 6.80. The maximum Gasteiger partial charge on any atom is 0.237 e. The lowest BCUT2D eigenvalue weighted by atomic mass is 9.95. The summed E-state index contributed by atoms with van der Waals surface area (Å²) in [4.78, 5) is 16.2. The molecule has 1 aliphatic rings. The summed E-state index contributed by atoms with van der Waals surface area (Å²) in [5.41, 5.74) is 4.85. The van der Waals surface area contributed by atoms with Crippen LogP contribution < -0.4 is 11.1 Å². The van der Waals surface area contributed by atoms with Gasteiger partial charge in [0, 0.05) is 25.7 Å². The van der Waals surface area contributed by atoms with Gasteiger partial charge in [0.2, 0.25) is 5.91 Å². The van der Waals surface area contributed by atoms with Crippen LogP contribution in [0, 0.1) is 0 Å². The number of carbonyl (C=O) groups is 1. The molecule has 5 heteroatoms. The Morgan fingerprint density at radius 2 is 2.17 bits per heavy atom. The van der Waals surface area contributed by atoms with E-state index in [4.69, 9.17) is 5.73 Å². The highest BCUT2D eigenvalue weighted by Gasteiger charge is 2.29. The molecule has 0 spiro atoms. The summed E-state index contributed by atoms with van der Waals surface area (Å²) >= 11 is 0. The molecule has 3 N–H and O–H groups in total. The van der Waals surface area contributed by atoms with Crippen molar-refractivity contribution in [2.45, 2.75) is 38.3 Å². The lowest BCUT2D eigenvalue weighted by Gasteiger charge is -2.38. The van der Waals surface area contributed by atoms with E-state index in [0.29, 0.717) is 6.04 Å². The third-order valence-electron chi connectivity index (χ3n) is 4.19. The number of rotatable bonds is 6. The molecule has 2 atom stereocenters. The number of piperazine rings is 1. The first kappa shape index (κ1) is 15.4. The highest BCUT2D eigenvalue weighted by Crippen LogP contribution is 2.14. The SMILES string of the molecule is CNC(C)(CCCN1CCN(C)CC1C)C(N)=O. The van der Waals surface area contributed by atoms with E-state index in [2.05, 4.69) is 29.1 Å². The fourth-order valence-electron chi connectivity index (χ4n) is 2.52. The molecule has 1 fully saturated rings. The van der Waals surface area contributed by atoms with Crippen molar-refractivity contribution in [3.05, 3.63) is 0 Å². The number of hydrogen-bond acceptors (Lipinski definition) is 4. The summed E-state index contributed by atoms with van der Waals surface area (Å²) in [6.45, 7) is 8.55. The minimum Gasteiger partial charge on any atom is -0.368 e. The Morgan fingerprint density at radius 1 is 1.50 bits per heavy atom. The first-order chi connectivity index (χ1) is 8.39. The number of hydrogen-bond donors (Lipinski definition) is 2.